The Morgan fingerprint density at radius 1 is 1.25 bits per heavy atom. The van der Waals surface area contributed by atoms with Crippen LogP contribution in [0.3, 0.4) is 0 Å². The van der Waals surface area contributed by atoms with Gasteiger partial charge in [0.25, 0.3) is 0 Å². The third kappa shape index (κ3) is 1.56. The van der Waals surface area contributed by atoms with E-state index in [9.17, 15) is 0 Å². The smallest absolute Gasteiger partial charge is 0.108 e. The van der Waals surface area contributed by atoms with Crippen molar-refractivity contribution in [3.8, 4) is 0 Å². The molecule has 2 fully saturated rings. The van der Waals surface area contributed by atoms with Crippen LogP contribution in [0.15, 0.2) is 24.3 Å². The minimum Gasteiger partial charge on any atom is -0.370 e. The maximum Gasteiger partial charge on any atom is 0.108 e. The lowest BCUT2D eigenvalue weighted by molar-refractivity contribution is -0.0520. The zero-order chi connectivity index (χ0) is 11.3. The molecular weight excluding hydrogens is 224 g/mol. The van der Waals surface area contributed by atoms with E-state index in [0.29, 0.717) is 18.8 Å². The fourth-order valence-corrected chi connectivity index (χ4v) is 2.77. The second kappa shape index (κ2) is 3.46. The molecule has 2 saturated heterocycles. The molecule has 0 unspecified atom stereocenters. The summed E-state index contributed by atoms with van der Waals surface area (Å²) in [5.74, 6) is 0. The molecule has 0 radical (unpaired) electrons. The van der Waals surface area contributed by atoms with Gasteiger partial charge >= 0.3 is 0 Å². The lowest BCUT2D eigenvalue weighted by atomic mass is 9.77. The van der Waals surface area contributed by atoms with E-state index in [1.165, 1.54) is 5.56 Å². The second-order valence-corrected chi connectivity index (χ2v) is 5.62. The Kier molecular flexibility index (Phi) is 2.29. The second-order valence-electron chi connectivity index (χ2n) is 5.18. The monoisotopic (exact) mass is 238 g/mol. The van der Waals surface area contributed by atoms with Crippen molar-refractivity contribution in [3.05, 3.63) is 34.9 Å². The molecule has 2 aliphatic heterocycles. The van der Waals surface area contributed by atoms with Gasteiger partial charge in [-0.2, -0.15) is 0 Å². The molecule has 0 N–H and O–H groups in total. The highest BCUT2D eigenvalue weighted by atomic mass is 35.5. The van der Waals surface area contributed by atoms with Crippen LogP contribution in [0.4, 0.5) is 0 Å². The molecule has 3 rings (SSSR count). The van der Waals surface area contributed by atoms with E-state index in [1.54, 1.807) is 0 Å². The van der Waals surface area contributed by atoms with Gasteiger partial charge in [0.1, 0.15) is 6.10 Å². The highest BCUT2D eigenvalue weighted by molar-refractivity contribution is 6.30. The highest BCUT2D eigenvalue weighted by Crippen LogP contribution is 2.52. The van der Waals surface area contributed by atoms with Crippen molar-refractivity contribution in [2.75, 3.05) is 6.61 Å². The lowest BCUT2D eigenvalue weighted by Gasteiger charge is -2.36. The fourth-order valence-electron chi connectivity index (χ4n) is 2.64. The van der Waals surface area contributed by atoms with Gasteiger partial charge in [-0.25, -0.2) is 0 Å². The first-order valence-corrected chi connectivity index (χ1v) is 5.99. The molecule has 0 aliphatic carbocycles. The molecule has 2 aliphatic rings. The van der Waals surface area contributed by atoms with Crippen LogP contribution in [-0.2, 0) is 9.47 Å². The van der Waals surface area contributed by atoms with Gasteiger partial charge in [0.05, 0.1) is 18.8 Å². The topological polar surface area (TPSA) is 21.8 Å². The molecule has 3 heteroatoms. The summed E-state index contributed by atoms with van der Waals surface area (Å²) in [6.07, 6.45) is 0.772. The number of epoxide rings is 1. The first kappa shape index (κ1) is 10.6. The van der Waals surface area contributed by atoms with Gasteiger partial charge in [0, 0.05) is 10.4 Å². The quantitative estimate of drug-likeness (QED) is 0.701. The van der Waals surface area contributed by atoms with Crippen LogP contribution in [0, 0.1) is 5.41 Å². The normalized spacial score (nSPS) is 35.6. The zero-order valence-corrected chi connectivity index (χ0v) is 10.2. The Morgan fingerprint density at radius 2 is 1.94 bits per heavy atom. The molecule has 2 nitrogen and oxygen atoms in total. The van der Waals surface area contributed by atoms with Crippen LogP contribution in [0.1, 0.15) is 25.5 Å². The maximum absolute atomic E-state index is 5.90. The Labute approximate surface area is 101 Å². The summed E-state index contributed by atoms with van der Waals surface area (Å²) in [5, 5.41) is 0.762. The average molecular weight is 239 g/mol. The zero-order valence-electron chi connectivity index (χ0n) is 9.44. The van der Waals surface area contributed by atoms with Crippen molar-refractivity contribution in [2.24, 2.45) is 5.41 Å². The van der Waals surface area contributed by atoms with Crippen molar-refractivity contribution in [2.45, 2.75) is 32.2 Å². The third-order valence-corrected chi connectivity index (χ3v) is 3.84. The molecular formula is C13H15ClO2. The predicted molar refractivity (Wildman–Crippen MR) is 62.6 cm³/mol. The van der Waals surface area contributed by atoms with E-state index in [-0.39, 0.29) is 11.5 Å². The van der Waals surface area contributed by atoms with Crippen molar-refractivity contribution < 1.29 is 9.47 Å². The maximum atomic E-state index is 5.90. The number of rotatable bonds is 1. The van der Waals surface area contributed by atoms with Crippen LogP contribution in [0.2, 0.25) is 5.02 Å². The molecule has 16 heavy (non-hydrogen) atoms. The number of hydrogen-bond donors (Lipinski definition) is 0. The number of fused-ring (bicyclic) bond motifs is 1. The summed E-state index contributed by atoms with van der Waals surface area (Å²) in [7, 11) is 0. The van der Waals surface area contributed by atoms with E-state index in [1.807, 2.05) is 24.3 Å². The van der Waals surface area contributed by atoms with Gasteiger partial charge in [0.2, 0.25) is 0 Å². The average Bonchev–Trinajstić information content (AvgIpc) is 3.00. The van der Waals surface area contributed by atoms with Gasteiger partial charge < -0.3 is 9.47 Å². The third-order valence-electron chi connectivity index (χ3n) is 3.59. The van der Waals surface area contributed by atoms with Crippen molar-refractivity contribution in [1.82, 2.24) is 0 Å². The number of halogens is 1. The minimum atomic E-state index is 0.0384. The summed E-state index contributed by atoms with van der Waals surface area (Å²) in [4.78, 5) is 0. The molecule has 0 bridgehead atoms. The van der Waals surface area contributed by atoms with Gasteiger partial charge in [0.15, 0.2) is 0 Å². The molecule has 1 aromatic carbocycles. The Hall–Kier alpha value is -0.570. The molecule has 0 spiro atoms. The predicted octanol–water partition coefficient (Wildman–Crippen LogP) is 3.20. The lowest BCUT2D eigenvalue weighted by Crippen LogP contribution is -2.36. The molecule has 86 valence electrons. The Bertz CT molecular complexity index is 399. The Balaban J connectivity index is 1.91. The van der Waals surface area contributed by atoms with E-state index in [0.717, 1.165) is 5.02 Å². The van der Waals surface area contributed by atoms with Gasteiger partial charge in [-0.05, 0) is 17.7 Å². The first-order chi connectivity index (χ1) is 7.59. The largest absolute Gasteiger partial charge is 0.370 e. The standard InChI is InChI=1S/C13H15ClO2/c1-13(2)11(15-7-10-12(13)16-10)8-3-5-9(14)6-4-8/h3-6,10-12H,7H2,1-2H3/t10-,11+,12-/m1/s1. The van der Waals surface area contributed by atoms with E-state index in [2.05, 4.69) is 13.8 Å². The first-order valence-electron chi connectivity index (χ1n) is 5.61. The van der Waals surface area contributed by atoms with Gasteiger partial charge in [-0.15, -0.1) is 0 Å². The summed E-state index contributed by atoms with van der Waals surface area (Å²) in [6, 6.07) is 7.90. The SMILES string of the molecule is CC1(C)[C@@H]2O[C@@H]2CO[C@H]1c1ccc(Cl)cc1. The van der Waals surface area contributed by atoms with Crippen molar-refractivity contribution in [1.29, 1.82) is 0 Å². The summed E-state index contributed by atoms with van der Waals surface area (Å²) < 4.78 is 11.5. The van der Waals surface area contributed by atoms with Crippen LogP contribution in [-0.4, -0.2) is 18.8 Å². The molecule has 0 aromatic heterocycles. The summed E-state index contributed by atoms with van der Waals surface area (Å²) in [6.45, 7) is 5.12. The van der Waals surface area contributed by atoms with Crippen LogP contribution < -0.4 is 0 Å². The highest BCUT2D eigenvalue weighted by Gasteiger charge is 2.57. The number of hydrogen-bond acceptors (Lipinski definition) is 2. The molecule has 0 amide bonds. The Morgan fingerprint density at radius 3 is 2.62 bits per heavy atom. The molecule has 1 aromatic rings. The van der Waals surface area contributed by atoms with E-state index in [4.69, 9.17) is 21.1 Å². The number of ether oxygens (including phenoxy) is 2. The number of benzene rings is 1. The molecule has 3 atom stereocenters. The molecule has 2 heterocycles. The van der Waals surface area contributed by atoms with Crippen LogP contribution in [0.25, 0.3) is 0 Å². The minimum absolute atomic E-state index is 0.0384. The van der Waals surface area contributed by atoms with Crippen LogP contribution in [0.5, 0.6) is 0 Å². The van der Waals surface area contributed by atoms with E-state index >= 15 is 0 Å². The van der Waals surface area contributed by atoms with Crippen molar-refractivity contribution in [3.63, 3.8) is 0 Å². The fraction of sp³-hybridized carbons (Fsp3) is 0.538. The van der Waals surface area contributed by atoms with E-state index < -0.39 is 0 Å². The van der Waals surface area contributed by atoms with Crippen LogP contribution >= 0.6 is 11.6 Å². The van der Waals surface area contributed by atoms with Gasteiger partial charge in [-0.1, -0.05) is 37.6 Å². The van der Waals surface area contributed by atoms with Crippen molar-refractivity contribution >= 4 is 11.6 Å². The summed E-state index contributed by atoms with van der Waals surface area (Å²) in [5.41, 5.74) is 1.22. The van der Waals surface area contributed by atoms with Gasteiger partial charge in [-0.3, -0.25) is 0 Å². The molecule has 0 saturated carbocycles. The summed E-state index contributed by atoms with van der Waals surface area (Å²) >= 11 is 5.89.